The van der Waals surface area contributed by atoms with Crippen molar-refractivity contribution in [2.45, 2.75) is 24.6 Å². The molecule has 0 saturated heterocycles. The molecule has 0 spiro atoms. The van der Waals surface area contributed by atoms with Crippen molar-refractivity contribution < 1.29 is 18.0 Å². The lowest BCUT2D eigenvalue weighted by Crippen LogP contribution is -2.54. The molecule has 1 N–H and O–H groups in total. The second-order valence-electron chi connectivity index (χ2n) is 5.88. The fraction of sp³-hybridized carbons (Fsp3) is 0.294. The number of hydrogen-bond acceptors (Lipinski definition) is 2. The van der Waals surface area contributed by atoms with Gasteiger partial charge in [0, 0.05) is 24.9 Å². The van der Waals surface area contributed by atoms with E-state index in [1.54, 1.807) is 12.1 Å². The van der Waals surface area contributed by atoms with Gasteiger partial charge in [-0.05, 0) is 30.0 Å². The van der Waals surface area contributed by atoms with E-state index in [2.05, 4.69) is 5.32 Å². The number of hydrogen-bond donors (Lipinski definition) is 1. The Morgan fingerprint density at radius 2 is 1.96 bits per heavy atom. The number of rotatable bonds is 2. The van der Waals surface area contributed by atoms with E-state index in [4.69, 9.17) is 0 Å². The van der Waals surface area contributed by atoms with Gasteiger partial charge in [-0.2, -0.15) is 13.2 Å². The zero-order valence-corrected chi connectivity index (χ0v) is 12.9. The van der Waals surface area contributed by atoms with Crippen LogP contribution in [-0.2, 0) is 19.0 Å². The van der Waals surface area contributed by atoms with Crippen molar-refractivity contribution in [3.63, 3.8) is 0 Å². The van der Waals surface area contributed by atoms with E-state index in [0.29, 0.717) is 5.56 Å². The summed E-state index contributed by atoms with van der Waals surface area (Å²) in [5.41, 5.74) is -2.35. The molecule has 126 valence electrons. The normalized spacial score (nSPS) is 19.8. The maximum absolute atomic E-state index is 13.8. The first-order valence-electron chi connectivity index (χ1n) is 7.39. The van der Waals surface area contributed by atoms with Crippen LogP contribution in [0.5, 0.6) is 0 Å². The summed E-state index contributed by atoms with van der Waals surface area (Å²) in [6.45, 7) is 0. The molecular formula is C17H15F3N2O2. The average molecular weight is 336 g/mol. The Bertz CT molecular complexity index is 857. The monoisotopic (exact) mass is 336 g/mol. The summed E-state index contributed by atoms with van der Waals surface area (Å²) in [7, 11) is 1.49. The SMILES string of the molecule is Cn1ccc(C(=O)N[C@@]2(C(F)(F)F)CCc3ccccc32)cc1=O. The van der Waals surface area contributed by atoms with Crippen molar-refractivity contribution in [3.8, 4) is 0 Å². The van der Waals surface area contributed by atoms with Gasteiger partial charge in [-0.25, -0.2) is 0 Å². The third-order valence-electron chi connectivity index (χ3n) is 4.42. The van der Waals surface area contributed by atoms with E-state index in [-0.39, 0.29) is 24.0 Å². The van der Waals surface area contributed by atoms with Crippen LogP contribution in [0.2, 0.25) is 0 Å². The van der Waals surface area contributed by atoms with Crippen LogP contribution >= 0.6 is 0 Å². The van der Waals surface area contributed by atoms with Gasteiger partial charge >= 0.3 is 6.18 Å². The molecule has 2 aromatic rings. The number of aryl methyl sites for hydroxylation is 2. The molecule has 1 amide bonds. The van der Waals surface area contributed by atoms with Crippen molar-refractivity contribution in [1.29, 1.82) is 0 Å². The molecule has 3 rings (SSSR count). The predicted molar refractivity (Wildman–Crippen MR) is 81.6 cm³/mol. The van der Waals surface area contributed by atoms with Crippen molar-refractivity contribution in [1.82, 2.24) is 9.88 Å². The van der Waals surface area contributed by atoms with Crippen molar-refractivity contribution in [2.24, 2.45) is 7.05 Å². The van der Waals surface area contributed by atoms with Crippen LogP contribution in [-0.4, -0.2) is 16.7 Å². The highest BCUT2D eigenvalue weighted by molar-refractivity contribution is 5.94. The standard InChI is InChI=1S/C17H15F3N2O2/c1-22-9-7-12(10-14(22)23)15(24)21-16(17(18,19)20)8-6-11-4-2-3-5-13(11)16/h2-5,7,9-10H,6,8H2,1H3,(H,21,24)/t16-/m0/s1. The van der Waals surface area contributed by atoms with Gasteiger partial charge in [0.15, 0.2) is 5.54 Å². The first-order valence-corrected chi connectivity index (χ1v) is 7.39. The quantitative estimate of drug-likeness (QED) is 0.916. The third-order valence-corrected chi connectivity index (χ3v) is 4.42. The van der Waals surface area contributed by atoms with E-state index in [1.807, 2.05) is 0 Å². The highest BCUT2D eigenvalue weighted by Crippen LogP contribution is 2.48. The first kappa shape index (κ1) is 16.3. The molecule has 0 aliphatic heterocycles. The summed E-state index contributed by atoms with van der Waals surface area (Å²) in [5, 5.41) is 2.14. The number of nitrogens with one attached hydrogen (secondary N) is 1. The van der Waals surface area contributed by atoms with Crippen LogP contribution in [0.3, 0.4) is 0 Å². The lowest BCUT2D eigenvalue weighted by Gasteiger charge is -2.33. The molecule has 0 unspecified atom stereocenters. The van der Waals surface area contributed by atoms with Crippen LogP contribution in [0.25, 0.3) is 0 Å². The molecule has 0 fully saturated rings. The lowest BCUT2D eigenvalue weighted by molar-refractivity contribution is -0.197. The van der Waals surface area contributed by atoms with Gasteiger partial charge in [0.1, 0.15) is 0 Å². The zero-order valence-electron chi connectivity index (χ0n) is 12.9. The molecular weight excluding hydrogens is 321 g/mol. The minimum Gasteiger partial charge on any atom is -0.334 e. The average Bonchev–Trinajstić information content (AvgIpc) is 2.90. The van der Waals surface area contributed by atoms with Crippen LogP contribution in [0.15, 0.2) is 47.4 Å². The molecule has 1 aromatic heterocycles. The first-order chi connectivity index (χ1) is 11.2. The molecule has 1 aliphatic carbocycles. The predicted octanol–water partition coefficient (Wildman–Crippen LogP) is 2.52. The molecule has 4 nitrogen and oxygen atoms in total. The summed E-state index contributed by atoms with van der Waals surface area (Å²) in [6, 6.07) is 8.57. The van der Waals surface area contributed by atoms with Crippen LogP contribution < -0.4 is 10.9 Å². The Kier molecular flexibility index (Phi) is 3.74. The molecule has 0 radical (unpaired) electrons. The van der Waals surface area contributed by atoms with Crippen LogP contribution in [0.4, 0.5) is 13.2 Å². The molecule has 1 atom stereocenters. The minimum absolute atomic E-state index is 0.0645. The third kappa shape index (κ3) is 2.50. The second-order valence-corrected chi connectivity index (χ2v) is 5.88. The van der Waals surface area contributed by atoms with Crippen molar-refractivity contribution >= 4 is 5.91 Å². The number of pyridine rings is 1. The number of halogens is 3. The number of nitrogens with zero attached hydrogens (tertiary/aromatic N) is 1. The van der Waals surface area contributed by atoms with E-state index in [9.17, 15) is 22.8 Å². The van der Waals surface area contributed by atoms with Gasteiger partial charge in [-0.3, -0.25) is 9.59 Å². The van der Waals surface area contributed by atoms with Gasteiger partial charge in [-0.1, -0.05) is 24.3 Å². The van der Waals surface area contributed by atoms with Gasteiger partial charge in [0.05, 0.1) is 0 Å². The van der Waals surface area contributed by atoms with Crippen LogP contribution in [0.1, 0.15) is 27.9 Å². The van der Waals surface area contributed by atoms with Crippen LogP contribution in [0, 0.1) is 0 Å². The number of alkyl halides is 3. The summed E-state index contributed by atoms with van der Waals surface area (Å²) in [6.07, 6.45) is -3.33. The van der Waals surface area contributed by atoms with Gasteiger partial charge < -0.3 is 9.88 Å². The van der Waals surface area contributed by atoms with Gasteiger partial charge in [0.25, 0.3) is 11.5 Å². The number of aromatic nitrogens is 1. The van der Waals surface area contributed by atoms with Gasteiger partial charge in [0.2, 0.25) is 0 Å². The lowest BCUT2D eigenvalue weighted by atomic mass is 9.90. The maximum Gasteiger partial charge on any atom is 0.415 e. The summed E-state index contributed by atoms with van der Waals surface area (Å²) in [5.74, 6) is -0.915. The minimum atomic E-state index is -4.64. The zero-order chi connectivity index (χ0) is 17.5. The van der Waals surface area contributed by atoms with E-state index < -0.39 is 23.2 Å². The molecule has 1 aliphatic rings. The molecule has 0 saturated carbocycles. The van der Waals surface area contributed by atoms with Crippen molar-refractivity contribution in [2.75, 3.05) is 0 Å². The number of carbonyl (C=O) groups excluding carboxylic acids is 1. The second kappa shape index (κ2) is 5.51. The summed E-state index contributed by atoms with van der Waals surface area (Å²) in [4.78, 5) is 24.0. The topological polar surface area (TPSA) is 51.1 Å². The number of amides is 1. The highest BCUT2D eigenvalue weighted by Gasteiger charge is 2.59. The number of carbonyl (C=O) groups is 1. The molecule has 1 heterocycles. The molecule has 0 bridgehead atoms. The number of benzene rings is 1. The Morgan fingerprint density at radius 1 is 1.25 bits per heavy atom. The fourth-order valence-corrected chi connectivity index (χ4v) is 3.06. The van der Waals surface area contributed by atoms with Crippen molar-refractivity contribution in [3.05, 3.63) is 69.6 Å². The fourth-order valence-electron chi connectivity index (χ4n) is 3.06. The Balaban J connectivity index is 2.02. The Hall–Kier alpha value is -2.57. The smallest absolute Gasteiger partial charge is 0.334 e. The highest BCUT2D eigenvalue weighted by atomic mass is 19.4. The largest absolute Gasteiger partial charge is 0.415 e. The van der Waals surface area contributed by atoms with E-state index in [0.717, 1.165) is 6.07 Å². The Morgan fingerprint density at radius 3 is 2.62 bits per heavy atom. The summed E-state index contributed by atoms with van der Waals surface area (Å²) >= 11 is 0. The van der Waals surface area contributed by atoms with E-state index >= 15 is 0 Å². The molecule has 1 aromatic carbocycles. The maximum atomic E-state index is 13.8. The molecule has 24 heavy (non-hydrogen) atoms. The van der Waals surface area contributed by atoms with E-state index in [1.165, 1.54) is 36.0 Å². The number of fused-ring (bicyclic) bond motifs is 1. The Labute approximate surface area is 135 Å². The summed E-state index contributed by atoms with van der Waals surface area (Å²) < 4.78 is 42.7. The molecule has 7 heteroatoms. The van der Waals surface area contributed by atoms with Gasteiger partial charge in [-0.15, -0.1) is 0 Å².